The minimum atomic E-state index is -0.417. The highest BCUT2D eigenvalue weighted by Gasteiger charge is 2.26. The van der Waals surface area contributed by atoms with Gasteiger partial charge in [0, 0.05) is 15.9 Å². The topological polar surface area (TPSA) is 67.2 Å². The van der Waals surface area contributed by atoms with E-state index in [1.807, 2.05) is 37.3 Å². The number of aryl methyl sites for hydroxylation is 1. The number of aromatic nitrogens is 2. The second kappa shape index (κ2) is 5.57. The maximum atomic E-state index is 13.0. The first-order chi connectivity index (χ1) is 12.0. The van der Waals surface area contributed by atoms with Gasteiger partial charge >= 0.3 is 0 Å². The van der Waals surface area contributed by atoms with Gasteiger partial charge < -0.3 is 0 Å². The molecule has 0 fully saturated rings. The Labute approximate surface area is 147 Å². The Morgan fingerprint density at radius 1 is 1.04 bits per heavy atom. The van der Waals surface area contributed by atoms with Crippen molar-refractivity contribution in [2.24, 2.45) is 4.99 Å². The summed E-state index contributed by atoms with van der Waals surface area (Å²) in [5.41, 5.74) is 2.45. The van der Waals surface area contributed by atoms with Crippen LogP contribution < -0.4 is 16.1 Å². The molecular formula is C19H14ClN3O2. The van der Waals surface area contributed by atoms with Crippen LogP contribution in [0.2, 0.25) is 5.02 Å². The second-order valence-corrected chi connectivity index (χ2v) is 6.36. The van der Waals surface area contributed by atoms with Gasteiger partial charge in [0.05, 0.1) is 22.2 Å². The summed E-state index contributed by atoms with van der Waals surface area (Å²) < 4.78 is 1.44. The molecule has 3 aromatic rings. The molecule has 0 aliphatic carbocycles. The molecule has 1 N–H and O–H groups in total. The standard InChI is InChI=1S/C19H14ClN3O2/c1-10-14(20)9-8-13-16(18(24)21-17(10)13)15-11(2)22-23(19(15)25)12-6-4-3-5-7-12/h3-9,22H,1-2H3. The van der Waals surface area contributed by atoms with Gasteiger partial charge in [-0.25, -0.2) is 9.67 Å². The molecule has 0 spiro atoms. The molecule has 6 heteroatoms. The first kappa shape index (κ1) is 15.6. The molecule has 1 amide bonds. The number of H-pyrrole nitrogens is 1. The Kier molecular flexibility index (Phi) is 3.47. The second-order valence-electron chi connectivity index (χ2n) is 5.95. The summed E-state index contributed by atoms with van der Waals surface area (Å²) in [6, 6.07) is 12.7. The Morgan fingerprint density at radius 2 is 1.76 bits per heavy atom. The predicted octanol–water partition coefficient (Wildman–Crippen LogP) is 1.79. The summed E-state index contributed by atoms with van der Waals surface area (Å²) in [7, 11) is 0. The number of hydrogen-bond donors (Lipinski definition) is 1. The fraction of sp³-hybridized carbons (Fsp3) is 0.105. The van der Waals surface area contributed by atoms with Crippen LogP contribution in [0.4, 0.5) is 0 Å². The highest BCUT2D eigenvalue weighted by atomic mass is 35.5. The smallest absolute Gasteiger partial charge is 0.279 e. The number of nitrogens with zero attached hydrogens (tertiary/aromatic N) is 2. The van der Waals surface area contributed by atoms with Crippen molar-refractivity contribution in [3.8, 4) is 5.69 Å². The van der Waals surface area contributed by atoms with Crippen LogP contribution in [0.25, 0.3) is 11.3 Å². The molecule has 0 saturated heterocycles. The summed E-state index contributed by atoms with van der Waals surface area (Å²) in [4.78, 5) is 29.6. The molecule has 1 aliphatic heterocycles. The van der Waals surface area contributed by atoms with Crippen LogP contribution in [0.3, 0.4) is 0 Å². The zero-order valence-corrected chi connectivity index (χ0v) is 14.4. The van der Waals surface area contributed by atoms with Gasteiger partial charge in [-0.1, -0.05) is 35.9 Å². The average molecular weight is 352 g/mol. The molecule has 1 aromatic heterocycles. The van der Waals surface area contributed by atoms with Gasteiger partial charge in [-0.15, -0.1) is 0 Å². The zero-order chi connectivity index (χ0) is 17.7. The Bertz CT molecular complexity index is 1200. The van der Waals surface area contributed by atoms with E-state index in [9.17, 15) is 9.59 Å². The number of para-hydroxylation sites is 1. The minimum absolute atomic E-state index is 0.275. The molecule has 0 unspecified atom stereocenters. The van der Waals surface area contributed by atoms with E-state index in [1.54, 1.807) is 19.1 Å². The summed E-state index contributed by atoms with van der Waals surface area (Å²) in [6.07, 6.45) is 0. The first-order valence-corrected chi connectivity index (χ1v) is 8.16. The van der Waals surface area contributed by atoms with E-state index in [4.69, 9.17) is 11.6 Å². The summed E-state index contributed by atoms with van der Waals surface area (Å²) in [5.74, 6) is -0.417. The van der Waals surface area contributed by atoms with Crippen molar-refractivity contribution < 1.29 is 4.79 Å². The fourth-order valence-corrected chi connectivity index (χ4v) is 3.29. The van der Waals surface area contributed by atoms with Gasteiger partial charge in [-0.3, -0.25) is 14.7 Å². The third-order valence-electron chi connectivity index (χ3n) is 4.40. The van der Waals surface area contributed by atoms with E-state index in [2.05, 4.69) is 10.1 Å². The number of carbonyl (C=O) groups is 1. The van der Waals surface area contributed by atoms with Crippen molar-refractivity contribution in [3.05, 3.63) is 85.2 Å². The maximum absolute atomic E-state index is 13.0. The molecule has 0 bridgehead atoms. The number of halogens is 1. The van der Waals surface area contributed by atoms with Gasteiger partial charge in [0.25, 0.3) is 11.5 Å². The summed E-state index contributed by atoms with van der Waals surface area (Å²) >= 11 is 6.13. The molecule has 0 saturated carbocycles. The van der Waals surface area contributed by atoms with Crippen LogP contribution in [0.1, 0.15) is 16.8 Å². The lowest BCUT2D eigenvalue weighted by molar-refractivity contribution is -0.112. The normalized spacial score (nSPS) is 13.1. The monoisotopic (exact) mass is 351 g/mol. The molecule has 2 heterocycles. The van der Waals surface area contributed by atoms with Crippen LogP contribution in [0, 0.1) is 13.8 Å². The van der Waals surface area contributed by atoms with Gasteiger partial charge in [-0.05, 0) is 37.6 Å². The van der Waals surface area contributed by atoms with Gasteiger partial charge in [0.15, 0.2) is 0 Å². The summed E-state index contributed by atoms with van der Waals surface area (Å²) in [6.45, 7) is 3.59. The SMILES string of the molecule is Cc1[nH]n(-c2ccccc2)c(=O)c1C1=c2ccc(Cl)c(C)c2=NC1=O. The van der Waals surface area contributed by atoms with E-state index >= 15 is 0 Å². The Balaban J connectivity index is 2.05. The van der Waals surface area contributed by atoms with Crippen LogP contribution in [-0.4, -0.2) is 15.7 Å². The first-order valence-electron chi connectivity index (χ1n) is 7.79. The molecule has 2 aromatic carbocycles. The van der Waals surface area contributed by atoms with E-state index in [0.717, 1.165) is 5.56 Å². The molecule has 0 radical (unpaired) electrons. The zero-order valence-electron chi connectivity index (χ0n) is 13.6. The third-order valence-corrected chi connectivity index (χ3v) is 4.81. The largest absolute Gasteiger partial charge is 0.295 e. The van der Waals surface area contributed by atoms with Crippen LogP contribution in [-0.2, 0) is 4.79 Å². The lowest BCUT2D eigenvalue weighted by atomic mass is 10.0. The Morgan fingerprint density at radius 3 is 2.48 bits per heavy atom. The van der Waals surface area contributed by atoms with Crippen LogP contribution in [0.5, 0.6) is 0 Å². The minimum Gasteiger partial charge on any atom is -0.295 e. The highest BCUT2D eigenvalue weighted by molar-refractivity contribution is 6.31. The Hall–Kier alpha value is -2.92. The number of benzene rings is 2. The summed E-state index contributed by atoms with van der Waals surface area (Å²) in [5, 5.41) is 4.78. The van der Waals surface area contributed by atoms with Crippen molar-refractivity contribution in [3.63, 3.8) is 0 Å². The number of hydrogen-bond acceptors (Lipinski definition) is 2. The van der Waals surface area contributed by atoms with Gasteiger partial charge in [-0.2, -0.15) is 0 Å². The van der Waals surface area contributed by atoms with Gasteiger partial charge in [0.2, 0.25) is 0 Å². The number of nitrogens with one attached hydrogen (secondary N) is 1. The van der Waals surface area contributed by atoms with E-state index in [1.165, 1.54) is 4.68 Å². The fourth-order valence-electron chi connectivity index (χ4n) is 3.14. The van der Waals surface area contributed by atoms with Crippen molar-refractivity contribution >= 4 is 23.1 Å². The average Bonchev–Trinajstić information content (AvgIpc) is 3.08. The van der Waals surface area contributed by atoms with E-state index in [0.29, 0.717) is 38.1 Å². The van der Waals surface area contributed by atoms with Crippen molar-refractivity contribution in [2.75, 3.05) is 0 Å². The number of rotatable bonds is 2. The number of aromatic amines is 1. The van der Waals surface area contributed by atoms with Crippen LogP contribution in [0.15, 0.2) is 52.3 Å². The lowest BCUT2D eigenvalue weighted by Crippen LogP contribution is -2.28. The lowest BCUT2D eigenvalue weighted by Gasteiger charge is -1.99. The third kappa shape index (κ3) is 2.27. The van der Waals surface area contributed by atoms with Crippen molar-refractivity contribution in [2.45, 2.75) is 13.8 Å². The van der Waals surface area contributed by atoms with Crippen molar-refractivity contribution in [1.82, 2.24) is 9.78 Å². The molecule has 1 aliphatic rings. The number of fused-ring (bicyclic) bond motifs is 1. The molecule has 0 atom stereocenters. The molecule has 4 rings (SSSR count). The highest BCUT2D eigenvalue weighted by Crippen LogP contribution is 2.18. The number of carbonyl (C=O) groups excluding carboxylic acids is 1. The van der Waals surface area contributed by atoms with Crippen LogP contribution >= 0.6 is 11.6 Å². The van der Waals surface area contributed by atoms with Crippen molar-refractivity contribution in [1.29, 1.82) is 0 Å². The van der Waals surface area contributed by atoms with E-state index in [-0.39, 0.29) is 5.56 Å². The molecule has 25 heavy (non-hydrogen) atoms. The maximum Gasteiger partial charge on any atom is 0.279 e. The van der Waals surface area contributed by atoms with E-state index < -0.39 is 5.91 Å². The molecule has 5 nitrogen and oxygen atoms in total. The predicted molar refractivity (Wildman–Crippen MR) is 95.6 cm³/mol. The molecular weight excluding hydrogens is 338 g/mol. The number of amides is 1. The van der Waals surface area contributed by atoms with Gasteiger partial charge in [0.1, 0.15) is 0 Å². The quantitative estimate of drug-likeness (QED) is 0.765. The molecule has 124 valence electrons.